The van der Waals surface area contributed by atoms with Gasteiger partial charge in [-0.15, -0.1) is 11.3 Å². The van der Waals surface area contributed by atoms with Crippen LogP contribution in [0.25, 0.3) is 0 Å². The number of thiophene rings is 1. The van der Waals surface area contributed by atoms with E-state index < -0.39 is 0 Å². The standard InChI is InChI=1S/C14H15N3O3S/c1-9-6-7-21-13(9)14(18)16-10-2-4-11(5-3-10)20-8-12(15)17-19/h2-7,19H,8H2,1H3,(H2,15,17)(H,16,18). The number of oxime groups is 1. The molecule has 2 aromatic rings. The van der Waals surface area contributed by atoms with Gasteiger partial charge in [0.15, 0.2) is 5.84 Å². The Bertz CT molecular complexity index is 650. The molecule has 7 heteroatoms. The van der Waals surface area contributed by atoms with E-state index in [0.717, 1.165) is 5.56 Å². The van der Waals surface area contributed by atoms with Crippen molar-refractivity contribution in [1.29, 1.82) is 0 Å². The number of aryl methyl sites for hydroxylation is 1. The van der Waals surface area contributed by atoms with Crippen molar-refractivity contribution in [3.8, 4) is 5.75 Å². The predicted molar refractivity (Wildman–Crippen MR) is 82.4 cm³/mol. The van der Waals surface area contributed by atoms with Gasteiger partial charge in [-0.1, -0.05) is 5.16 Å². The average Bonchev–Trinajstić information content (AvgIpc) is 2.92. The summed E-state index contributed by atoms with van der Waals surface area (Å²) in [7, 11) is 0. The number of carbonyl (C=O) groups is 1. The summed E-state index contributed by atoms with van der Waals surface area (Å²) in [5.41, 5.74) is 6.93. The smallest absolute Gasteiger partial charge is 0.265 e. The summed E-state index contributed by atoms with van der Waals surface area (Å²) in [6.45, 7) is 1.89. The van der Waals surface area contributed by atoms with Crippen molar-refractivity contribution in [3.63, 3.8) is 0 Å². The summed E-state index contributed by atoms with van der Waals surface area (Å²) >= 11 is 1.41. The molecule has 0 aliphatic heterocycles. The fraction of sp³-hybridized carbons (Fsp3) is 0.143. The number of anilines is 1. The van der Waals surface area contributed by atoms with Crippen LogP contribution < -0.4 is 15.8 Å². The number of amides is 1. The number of hydrogen-bond donors (Lipinski definition) is 3. The molecule has 1 amide bonds. The zero-order valence-electron chi connectivity index (χ0n) is 11.4. The minimum Gasteiger partial charge on any atom is -0.486 e. The Hall–Kier alpha value is -2.54. The SMILES string of the molecule is Cc1ccsc1C(=O)Nc1ccc(OC/C(N)=N/O)cc1. The first-order valence-electron chi connectivity index (χ1n) is 6.15. The van der Waals surface area contributed by atoms with E-state index in [0.29, 0.717) is 16.3 Å². The predicted octanol–water partition coefficient (Wildman–Crippen LogP) is 2.43. The van der Waals surface area contributed by atoms with Crippen LogP contribution in [0, 0.1) is 6.92 Å². The van der Waals surface area contributed by atoms with E-state index in [1.807, 2.05) is 18.4 Å². The molecule has 0 bridgehead atoms. The third kappa shape index (κ3) is 3.96. The highest BCUT2D eigenvalue weighted by molar-refractivity contribution is 7.12. The number of nitrogens with one attached hydrogen (secondary N) is 1. The molecule has 0 unspecified atom stereocenters. The minimum atomic E-state index is -0.132. The second-order valence-corrected chi connectivity index (χ2v) is 5.21. The molecule has 0 radical (unpaired) electrons. The first-order chi connectivity index (χ1) is 10.1. The molecule has 21 heavy (non-hydrogen) atoms. The lowest BCUT2D eigenvalue weighted by molar-refractivity contribution is 0.103. The number of ether oxygens (including phenoxy) is 1. The first-order valence-corrected chi connectivity index (χ1v) is 7.03. The van der Waals surface area contributed by atoms with Gasteiger partial charge in [0.05, 0.1) is 4.88 Å². The second kappa shape index (κ2) is 6.76. The van der Waals surface area contributed by atoms with Crippen LogP contribution in [0.1, 0.15) is 15.2 Å². The molecule has 0 fully saturated rings. The lowest BCUT2D eigenvalue weighted by atomic mass is 10.2. The molecule has 0 atom stereocenters. The molecule has 110 valence electrons. The Labute approximate surface area is 125 Å². The number of hydrogen-bond acceptors (Lipinski definition) is 5. The van der Waals surface area contributed by atoms with Crippen LogP contribution in [0.3, 0.4) is 0 Å². The molecule has 1 heterocycles. The maximum atomic E-state index is 12.0. The van der Waals surface area contributed by atoms with Crippen LogP contribution in [-0.4, -0.2) is 23.6 Å². The van der Waals surface area contributed by atoms with Crippen molar-refractivity contribution < 1.29 is 14.7 Å². The first kappa shape index (κ1) is 14.9. The Morgan fingerprint density at radius 3 is 2.67 bits per heavy atom. The number of amidine groups is 1. The Balaban J connectivity index is 1.96. The highest BCUT2D eigenvalue weighted by Gasteiger charge is 2.10. The van der Waals surface area contributed by atoms with Crippen molar-refractivity contribution in [2.24, 2.45) is 10.9 Å². The van der Waals surface area contributed by atoms with Gasteiger partial charge in [-0.2, -0.15) is 0 Å². The summed E-state index contributed by atoms with van der Waals surface area (Å²) in [6, 6.07) is 8.75. The van der Waals surface area contributed by atoms with E-state index in [1.54, 1.807) is 24.3 Å². The molecule has 0 saturated carbocycles. The number of rotatable bonds is 5. The maximum Gasteiger partial charge on any atom is 0.265 e. The van der Waals surface area contributed by atoms with Crippen LogP contribution in [0.5, 0.6) is 5.75 Å². The van der Waals surface area contributed by atoms with Gasteiger partial charge in [0, 0.05) is 5.69 Å². The summed E-state index contributed by atoms with van der Waals surface area (Å²) < 4.78 is 5.28. The van der Waals surface area contributed by atoms with E-state index in [-0.39, 0.29) is 18.3 Å². The lowest BCUT2D eigenvalue weighted by Gasteiger charge is -2.07. The number of nitrogens with two attached hydrogens (primary N) is 1. The van der Waals surface area contributed by atoms with Crippen LogP contribution >= 0.6 is 11.3 Å². The van der Waals surface area contributed by atoms with Gasteiger partial charge >= 0.3 is 0 Å². The molecular weight excluding hydrogens is 290 g/mol. The quantitative estimate of drug-likeness (QED) is 0.342. The summed E-state index contributed by atoms with van der Waals surface area (Å²) in [4.78, 5) is 12.7. The summed E-state index contributed by atoms with van der Waals surface area (Å²) in [6.07, 6.45) is 0. The van der Waals surface area contributed by atoms with Crippen LogP contribution in [0.15, 0.2) is 40.9 Å². The fourth-order valence-corrected chi connectivity index (χ4v) is 2.43. The molecule has 0 saturated heterocycles. The Kier molecular flexibility index (Phi) is 4.78. The molecule has 2 rings (SSSR count). The highest BCUT2D eigenvalue weighted by atomic mass is 32.1. The third-order valence-electron chi connectivity index (χ3n) is 2.70. The monoisotopic (exact) mass is 305 g/mol. The van der Waals surface area contributed by atoms with Gasteiger partial charge in [0.2, 0.25) is 0 Å². The van der Waals surface area contributed by atoms with Crippen molar-refractivity contribution in [2.75, 3.05) is 11.9 Å². The lowest BCUT2D eigenvalue weighted by Crippen LogP contribution is -2.20. The van der Waals surface area contributed by atoms with Crippen molar-refractivity contribution >= 4 is 28.8 Å². The maximum absolute atomic E-state index is 12.0. The fourth-order valence-electron chi connectivity index (χ4n) is 1.61. The van der Waals surface area contributed by atoms with E-state index in [2.05, 4.69) is 10.5 Å². The van der Waals surface area contributed by atoms with Crippen LogP contribution in [-0.2, 0) is 0 Å². The summed E-state index contributed by atoms with van der Waals surface area (Å²) in [5.74, 6) is 0.417. The minimum absolute atomic E-state index is 0.00338. The topological polar surface area (TPSA) is 96.9 Å². The Morgan fingerprint density at radius 2 is 2.10 bits per heavy atom. The van der Waals surface area contributed by atoms with Gasteiger partial charge in [-0.3, -0.25) is 4.79 Å². The van der Waals surface area contributed by atoms with Gasteiger partial charge in [0.25, 0.3) is 5.91 Å². The normalized spacial score (nSPS) is 11.2. The van der Waals surface area contributed by atoms with Gasteiger partial charge in [0.1, 0.15) is 12.4 Å². The Morgan fingerprint density at radius 1 is 1.38 bits per heavy atom. The average molecular weight is 305 g/mol. The van der Waals surface area contributed by atoms with E-state index in [9.17, 15) is 4.79 Å². The number of benzene rings is 1. The summed E-state index contributed by atoms with van der Waals surface area (Å²) in [5, 5.41) is 15.9. The van der Waals surface area contributed by atoms with Crippen molar-refractivity contribution in [3.05, 3.63) is 46.2 Å². The van der Waals surface area contributed by atoms with Crippen LogP contribution in [0.2, 0.25) is 0 Å². The van der Waals surface area contributed by atoms with Gasteiger partial charge in [-0.25, -0.2) is 0 Å². The molecule has 0 aliphatic carbocycles. The third-order valence-corrected chi connectivity index (χ3v) is 3.71. The van der Waals surface area contributed by atoms with Crippen LogP contribution in [0.4, 0.5) is 5.69 Å². The zero-order valence-corrected chi connectivity index (χ0v) is 12.2. The highest BCUT2D eigenvalue weighted by Crippen LogP contribution is 2.19. The van der Waals surface area contributed by atoms with Crippen molar-refractivity contribution in [2.45, 2.75) is 6.92 Å². The molecule has 1 aromatic carbocycles. The molecular formula is C14H15N3O3S. The second-order valence-electron chi connectivity index (χ2n) is 4.29. The van der Waals surface area contributed by atoms with E-state index in [4.69, 9.17) is 15.7 Å². The van der Waals surface area contributed by atoms with Gasteiger partial charge < -0.3 is 21.0 Å². The molecule has 1 aromatic heterocycles. The number of nitrogens with zero attached hydrogens (tertiary/aromatic N) is 1. The number of carbonyl (C=O) groups excluding carboxylic acids is 1. The molecule has 6 nitrogen and oxygen atoms in total. The van der Waals surface area contributed by atoms with Gasteiger partial charge in [-0.05, 0) is 48.2 Å². The molecule has 0 aliphatic rings. The molecule has 0 spiro atoms. The van der Waals surface area contributed by atoms with E-state index >= 15 is 0 Å². The van der Waals surface area contributed by atoms with Crippen molar-refractivity contribution in [1.82, 2.24) is 0 Å². The molecule has 4 N–H and O–H groups in total. The van der Waals surface area contributed by atoms with E-state index in [1.165, 1.54) is 11.3 Å². The zero-order chi connectivity index (χ0) is 15.2. The largest absolute Gasteiger partial charge is 0.486 e.